The fourth-order valence-corrected chi connectivity index (χ4v) is 5.34. The number of fused-ring (bicyclic) bond motifs is 2. The number of rotatable bonds is 3. The first-order valence-corrected chi connectivity index (χ1v) is 15.3. The molecule has 39 heavy (non-hydrogen) atoms. The Bertz CT molecular complexity index is 1110. The van der Waals surface area contributed by atoms with Crippen LogP contribution in [0.1, 0.15) is 83.3 Å². The first-order valence-electron chi connectivity index (χ1n) is 13.7. The van der Waals surface area contributed by atoms with E-state index >= 15 is 0 Å². The number of benzene rings is 1. The highest BCUT2D eigenvalue weighted by molar-refractivity contribution is 14.1. The Labute approximate surface area is 247 Å². The van der Waals surface area contributed by atoms with Crippen molar-refractivity contribution in [3.8, 4) is 0 Å². The predicted molar refractivity (Wildman–Crippen MR) is 163 cm³/mol. The molecule has 0 saturated carbocycles. The van der Waals surface area contributed by atoms with Gasteiger partial charge in [0.05, 0.1) is 17.8 Å². The summed E-state index contributed by atoms with van der Waals surface area (Å²) in [6.45, 7) is 17.9. The minimum absolute atomic E-state index is 0.0120. The Morgan fingerprint density at radius 2 is 1.79 bits per heavy atom. The molecule has 1 aromatic rings. The topological polar surface area (TPSA) is 74.3 Å². The van der Waals surface area contributed by atoms with E-state index in [1.807, 2.05) is 79.7 Å². The van der Waals surface area contributed by atoms with Crippen LogP contribution in [0.4, 0.5) is 10.5 Å². The Morgan fingerprint density at radius 3 is 2.44 bits per heavy atom. The highest BCUT2D eigenvalue weighted by Crippen LogP contribution is 2.35. The number of cyclic esters (lactones) is 1. The number of halogens is 1. The zero-order chi connectivity index (χ0) is 29.1. The van der Waals surface area contributed by atoms with Gasteiger partial charge in [0.2, 0.25) is 0 Å². The molecule has 5 atom stereocenters. The van der Waals surface area contributed by atoms with Crippen LogP contribution in [0.25, 0.3) is 6.08 Å². The second-order valence-electron chi connectivity index (χ2n) is 12.0. The Morgan fingerprint density at radius 1 is 1.13 bits per heavy atom. The van der Waals surface area contributed by atoms with Gasteiger partial charge in [0.25, 0.3) is 0 Å². The fraction of sp³-hybridized carbons (Fsp3) is 0.613. The molecule has 216 valence electrons. The second-order valence-corrected chi connectivity index (χ2v) is 13.1. The lowest BCUT2D eigenvalue weighted by Crippen LogP contribution is -2.38. The van der Waals surface area contributed by atoms with Crippen LogP contribution in [0.2, 0.25) is 0 Å². The van der Waals surface area contributed by atoms with Crippen LogP contribution in [0.5, 0.6) is 0 Å². The number of anilines is 1. The third kappa shape index (κ3) is 8.30. The van der Waals surface area contributed by atoms with Gasteiger partial charge in [0.15, 0.2) is 5.79 Å². The predicted octanol–water partition coefficient (Wildman–Crippen LogP) is 7.48. The summed E-state index contributed by atoms with van der Waals surface area (Å²) in [6.07, 6.45) is 7.79. The summed E-state index contributed by atoms with van der Waals surface area (Å²) < 4.78 is 24.9. The van der Waals surface area contributed by atoms with Gasteiger partial charge in [0.1, 0.15) is 11.7 Å². The number of hydrogen-bond donors (Lipinski definition) is 0. The molecule has 1 amide bonds. The molecule has 0 unspecified atom stereocenters. The van der Waals surface area contributed by atoms with Crippen molar-refractivity contribution < 1.29 is 28.5 Å². The SMILES string of the molecule is Cc1cc(N(CCI)C(=O)OC(C)(C)C)cc2c1C(=O)O[C@@H](C)[C@H](C)/C=C\[C@@H](C)[C@H]1OC(C)(C)O[C@H]1C/C=C/2. The number of hydrogen-bond acceptors (Lipinski definition) is 6. The summed E-state index contributed by atoms with van der Waals surface area (Å²) in [5.74, 6) is -0.923. The van der Waals surface area contributed by atoms with Crippen LogP contribution in [-0.4, -0.2) is 52.7 Å². The number of carbonyl (C=O) groups is 2. The summed E-state index contributed by atoms with van der Waals surface area (Å²) in [7, 11) is 0. The van der Waals surface area contributed by atoms with Gasteiger partial charge in [-0.15, -0.1) is 0 Å². The van der Waals surface area contributed by atoms with Gasteiger partial charge in [-0.05, 0) is 78.1 Å². The summed E-state index contributed by atoms with van der Waals surface area (Å²) in [5, 5.41) is 0. The van der Waals surface area contributed by atoms with Crippen molar-refractivity contribution in [1.29, 1.82) is 0 Å². The standard InChI is InChI=1S/C31H44INO6/c1-19-13-14-20(2)27-25(37-31(8,9)38-27)12-10-11-23-18-24(17-21(3)26(23)28(34)36-22(19)4)33(16-15-32)29(35)39-30(5,6)7/h10-11,13-14,17-20,22,25,27H,12,15-16H2,1-9H3/b11-10+,14-13-/t19-,20-,22+,25+,27-/m1/s1. The lowest BCUT2D eigenvalue weighted by molar-refractivity contribution is -0.148. The van der Waals surface area contributed by atoms with Crippen LogP contribution >= 0.6 is 22.6 Å². The van der Waals surface area contributed by atoms with Gasteiger partial charge < -0.3 is 18.9 Å². The summed E-state index contributed by atoms with van der Waals surface area (Å²) in [6, 6.07) is 3.72. The van der Waals surface area contributed by atoms with Crippen molar-refractivity contribution in [1.82, 2.24) is 0 Å². The first-order chi connectivity index (χ1) is 18.1. The highest BCUT2D eigenvalue weighted by Gasteiger charge is 2.42. The molecule has 2 heterocycles. The maximum Gasteiger partial charge on any atom is 0.414 e. The number of alkyl halides is 1. The van der Waals surface area contributed by atoms with E-state index in [4.69, 9.17) is 18.9 Å². The molecule has 0 spiro atoms. The van der Waals surface area contributed by atoms with Crippen molar-refractivity contribution in [2.24, 2.45) is 11.8 Å². The van der Waals surface area contributed by atoms with E-state index in [0.717, 1.165) is 9.99 Å². The van der Waals surface area contributed by atoms with Crippen LogP contribution in [-0.2, 0) is 18.9 Å². The summed E-state index contributed by atoms with van der Waals surface area (Å²) in [4.78, 5) is 28.2. The monoisotopic (exact) mass is 653 g/mol. The van der Waals surface area contributed by atoms with Crippen molar-refractivity contribution in [3.63, 3.8) is 0 Å². The van der Waals surface area contributed by atoms with Gasteiger partial charge in [-0.3, -0.25) is 4.90 Å². The highest BCUT2D eigenvalue weighted by atomic mass is 127. The Hall–Kier alpha value is -1.91. The number of carbonyl (C=O) groups excluding carboxylic acids is 2. The molecule has 1 fully saturated rings. The zero-order valence-electron chi connectivity index (χ0n) is 24.7. The van der Waals surface area contributed by atoms with Gasteiger partial charge in [0, 0.05) is 28.5 Å². The number of nitrogens with zero attached hydrogens (tertiary/aromatic N) is 1. The third-order valence-corrected chi connectivity index (χ3v) is 7.43. The molecule has 1 saturated heterocycles. The van der Waals surface area contributed by atoms with Crippen molar-refractivity contribution in [3.05, 3.63) is 47.1 Å². The molecule has 0 radical (unpaired) electrons. The van der Waals surface area contributed by atoms with E-state index < -0.39 is 17.5 Å². The van der Waals surface area contributed by atoms with Crippen LogP contribution in [0.15, 0.2) is 30.4 Å². The molecule has 0 bridgehead atoms. The molecule has 7 nitrogen and oxygen atoms in total. The quantitative estimate of drug-likeness (QED) is 0.146. The average molecular weight is 654 g/mol. The van der Waals surface area contributed by atoms with E-state index in [1.54, 1.807) is 4.90 Å². The molecular formula is C31H44INO6. The summed E-state index contributed by atoms with van der Waals surface area (Å²) in [5.41, 5.74) is 1.96. The molecule has 0 aromatic heterocycles. The molecule has 3 rings (SSSR count). The van der Waals surface area contributed by atoms with Gasteiger partial charge in [-0.1, -0.05) is 60.7 Å². The molecular weight excluding hydrogens is 609 g/mol. The Balaban J connectivity index is 2.08. The molecule has 8 heteroatoms. The maximum absolute atomic E-state index is 13.5. The normalized spacial score (nSPS) is 28.9. The summed E-state index contributed by atoms with van der Waals surface area (Å²) >= 11 is 2.24. The van der Waals surface area contributed by atoms with E-state index in [1.165, 1.54) is 0 Å². The number of ether oxygens (including phenoxy) is 4. The number of amides is 1. The molecule has 0 N–H and O–H groups in total. The van der Waals surface area contributed by atoms with E-state index in [0.29, 0.717) is 29.8 Å². The van der Waals surface area contributed by atoms with E-state index in [-0.39, 0.29) is 36.1 Å². The molecule has 1 aromatic carbocycles. The smallest absolute Gasteiger partial charge is 0.414 e. The Kier molecular flexibility index (Phi) is 10.3. The molecule has 2 aliphatic heterocycles. The zero-order valence-corrected chi connectivity index (χ0v) is 26.9. The van der Waals surface area contributed by atoms with Gasteiger partial charge >= 0.3 is 12.1 Å². The van der Waals surface area contributed by atoms with Crippen LogP contribution < -0.4 is 4.90 Å². The minimum Gasteiger partial charge on any atom is -0.458 e. The number of aryl methyl sites for hydroxylation is 1. The maximum atomic E-state index is 13.5. The lowest BCUT2D eigenvalue weighted by Gasteiger charge is -2.28. The van der Waals surface area contributed by atoms with E-state index in [2.05, 4.69) is 41.7 Å². The minimum atomic E-state index is -0.674. The van der Waals surface area contributed by atoms with Crippen molar-refractivity contribution in [2.75, 3.05) is 15.9 Å². The molecule has 2 aliphatic rings. The van der Waals surface area contributed by atoms with E-state index in [9.17, 15) is 9.59 Å². The fourth-order valence-electron chi connectivity index (χ4n) is 4.86. The second kappa shape index (κ2) is 12.7. The largest absolute Gasteiger partial charge is 0.458 e. The molecule has 0 aliphatic carbocycles. The van der Waals surface area contributed by atoms with Crippen molar-refractivity contribution >= 4 is 46.4 Å². The van der Waals surface area contributed by atoms with Gasteiger partial charge in [-0.25, -0.2) is 9.59 Å². The first kappa shape index (κ1) is 31.6. The van der Waals surface area contributed by atoms with Crippen molar-refractivity contribution in [2.45, 2.75) is 98.4 Å². The lowest BCUT2D eigenvalue weighted by atomic mass is 9.93. The third-order valence-electron chi connectivity index (χ3n) is 6.95. The van der Waals surface area contributed by atoms with Crippen LogP contribution in [0, 0.1) is 18.8 Å². The number of esters is 1. The van der Waals surface area contributed by atoms with Gasteiger partial charge in [-0.2, -0.15) is 0 Å². The average Bonchev–Trinajstić information content (AvgIpc) is 3.12. The van der Waals surface area contributed by atoms with Crippen LogP contribution in [0.3, 0.4) is 0 Å².